The second kappa shape index (κ2) is 3.30. The highest BCUT2D eigenvalue weighted by Crippen LogP contribution is 2.33. The third-order valence-corrected chi connectivity index (χ3v) is 2.25. The maximum Gasteiger partial charge on any atom is 0.303 e. The molecule has 0 amide bonds. The summed E-state index contributed by atoms with van der Waals surface area (Å²) in [5.74, 6) is -0.188. The molecule has 1 rings (SSSR count). The Morgan fingerprint density at radius 2 is 2.33 bits per heavy atom. The van der Waals surface area contributed by atoms with Gasteiger partial charge in [0, 0.05) is 13.3 Å². The topological polar surface area (TPSA) is 26.3 Å². The predicted octanol–water partition coefficient (Wildman–Crippen LogP) is 2.44. The average Bonchev–Trinajstić information content (AvgIpc) is 1.82. The van der Waals surface area contributed by atoms with Crippen molar-refractivity contribution in [2.45, 2.75) is 45.1 Å². The summed E-state index contributed by atoms with van der Waals surface area (Å²) < 4.78 is 5.25. The number of rotatable bonds is 1. The van der Waals surface area contributed by atoms with Gasteiger partial charge in [-0.3, -0.25) is 4.79 Å². The molecule has 0 aromatic carbocycles. The normalized spacial score (nSPS) is 30.0. The van der Waals surface area contributed by atoms with Crippen molar-refractivity contribution in [3.05, 3.63) is 12.2 Å². The quantitative estimate of drug-likeness (QED) is 0.444. The highest BCUT2D eigenvalue weighted by molar-refractivity contribution is 5.66. The van der Waals surface area contributed by atoms with Crippen LogP contribution in [0.5, 0.6) is 0 Å². The van der Waals surface area contributed by atoms with E-state index in [2.05, 4.69) is 6.58 Å². The monoisotopic (exact) mass is 168 g/mol. The second-order valence-electron chi connectivity index (χ2n) is 3.82. The lowest BCUT2D eigenvalue weighted by Crippen LogP contribution is -2.33. The van der Waals surface area contributed by atoms with Crippen LogP contribution >= 0.6 is 0 Å². The van der Waals surface area contributed by atoms with Crippen LogP contribution in [0.25, 0.3) is 0 Å². The van der Waals surface area contributed by atoms with Crippen molar-refractivity contribution in [1.29, 1.82) is 0 Å². The number of hydrogen-bond donors (Lipinski definition) is 0. The zero-order valence-electron chi connectivity index (χ0n) is 7.85. The van der Waals surface area contributed by atoms with E-state index >= 15 is 0 Å². The molecule has 0 aromatic heterocycles. The summed E-state index contributed by atoms with van der Waals surface area (Å²) in [6, 6.07) is 0. The van der Waals surface area contributed by atoms with E-state index in [4.69, 9.17) is 4.74 Å². The van der Waals surface area contributed by atoms with Crippen LogP contribution in [0.4, 0.5) is 0 Å². The first kappa shape index (κ1) is 9.30. The molecule has 0 heterocycles. The van der Waals surface area contributed by atoms with Gasteiger partial charge in [-0.05, 0) is 26.2 Å². The number of carbonyl (C=O) groups excluding carboxylic acids is 1. The van der Waals surface area contributed by atoms with Gasteiger partial charge in [0.15, 0.2) is 0 Å². The van der Waals surface area contributed by atoms with E-state index < -0.39 is 0 Å². The molecule has 0 N–H and O–H groups in total. The predicted molar refractivity (Wildman–Crippen MR) is 47.8 cm³/mol. The van der Waals surface area contributed by atoms with Crippen LogP contribution in [0, 0.1) is 0 Å². The van der Waals surface area contributed by atoms with Gasteiger partial charge in [0.1, 0.15) is 5.60 Å². The van der Waals surface area contributed by atoms with E-state index in [0.29, 0.717) is 0 Å². The Labute approximate surface area is 73.6 Å². The zero-order valence-corrected chi connectivity index (χ0v) is 7.85. The molecule has 1 atom stereocenters. The summed E-state index contributed by atoms with van der Waals surface area (Å²) >= 11 is 0. The Balaban J connectivity index is 2.57. The van der Waals surface area contributed by atoms with Crippen LogP contribution in [0.1, 0.15) is 39.5 Å². The minimum Gasteiger partial charge on any atom is -0.459 e. The number of carbonyl (C=O) groups is 1. The van der Waals surface area contributed by atoms with Crippen molar-refractivity contribution in [2.24, 2.45) is 0 Å². The molecule has 1 unspecified atom stereocenters. The standard InChI is InChI=1S/C10H16O2/c1-8-5-4-6-10(3,7-8)12-9(2)11/h1,4-7H2,2-3H3. The van der Waals surface area contributed by atoms with Crippen molar-refractivity contribution in [1.82, 2.24) is 0 Å². The molecule has 1 fully saturated rings. The molecule has 0 radical (unpaired) electrons. The third-order valence-electron chi connectivity index (χ3n) is 2.25. The van der Waals surface area contributed by atoms with Crippen molar-refractivity contribution in [2.75, 3.05) is 0 Å². The van der Waals surface area contributed by atoms with Crippen molar-refractivity contribution in [3.63, 3.8) is 0 Å². The second-order valence-corrected chi connectivity index (χ2v) is 3.82. The fourth-order valence-electron chi connectivity index (χ4n) is 1.85. The first-order valence-electron chi connectivity index (χ1n) is 4.38. The smallest absolute Gasteiger partial charge is 0.303 e. The maximum absolute atomic E-state index is 10.8. The Morgan fingerprint density at radius 1 is 1.67 bits per heavy atom. The van der Waals surface area contributed by atoms with Gasteiger partial charge < -0.3 is 4.74 Å². The molecule has 68 valence electrons. The van der Waals surface area contributed by atoms with Crippen LogP contribution < -0.4 is 0 Å². The van der Waals surface area contributed by atoms with Crippen LogP contribution in [-0.4, -0.2) is 11.6 Å². The van der Waals surface area contributed by atoms with E-state index in [9.17, 15) is 4.79 Å². The maximum atomic E-state index is 10.8. The molecule has 0 bridgehead atoms. The summed E-state index contributed by atoms with van der Waals surface area (Å²) in [5.41, 5.74) is 0.922. The Bertz CT molecular complexity index is 204. The zero-order chi connectivity index (χ0) is 9.19. The molecule has 1 saturated carbocycles. The lowest BCUT2D eigenvalue weighted by Gasteiger charge is -2.33. The van der Waals surface area contributed by atoms with E-state index in [1.807, 2.05) is 6.92 Å². The molecule has 1 aliphatic carbocycles. The SMILES string of the molecule is C=C1CCCC(C)(OC(C)=O)C1. The van der Waals surface area contributed by atoms with Gasteiger partial charge in [0.25, 0.3) is 0 Å². The highest BCUT2D eigenvalue weighted by atomic mass is 16.6. The number of hydrogen-bond acceptors (Lipinski definition) is 2. The molecule has 0 saturated heterocycles. The first-order chi connectivity index (χ1) is 5.52. The molecule has 12 heavy (non-hydrogen) atoms. The minimum atomic E-state index is -0.277. The first-order valence-corrected chi connectivity index (χ1v) is 4.38. The molecule has 0 spiro atoms. The van der Waals surface area contributed by atoms with Gasteiger partial charge in [-0.25, -0.2) is 0 Å². The fraction of sp³-hybridized carbons (Fsp3) is 0.700. The van der Waals surface area contributed by atoms with Crippen molar-refractivity contribution >= 4 is 5.97 Å². The number of ether oxygens (including phenoxy) is 1. The Kier molecular flexibility index (Phi) is 2.55. The van der Waals surface area contributed by atoms with E-state index in [0.717, 1.165) is 25.7 Å². The van der Waals surface area contributed by atoms with E-state index in [1.54, 1.807) is 0 Å². The Morgan fingerprint density at radius 3 is 2.83 bits per heavy atom. The molecular formula is C10H16O2. The summed E-state index contributed by atoms with van der Waals surface area (Å²) in [5, 5.41) is 0. The summed E-state index contributed by atoms with van der Waals surface area (Å²) in [4.78, 5) is 10.8. The highest BCUT2D eigenvalue weighted by Gasteiger charge is 2.31. The van der Waals surface area contributed by atoms with Crippen LogP contribution in [0.2, 0.25) is 0 Å². The fourth-order valence-corrected chi connectivity index (χ4v) is 1.85. The molecule has 2 nitrogen and oxygen atoms in total. The van der Waals surface area contributed by atoms with Crippen molar-refractivity contribution in [3.8, 4) is 0 Å². The largest absolute Gasteiger partial charge is 0.459 e. The lowest BCUT2D eigenvalue weighted by molar-refractivity contribution is -0.156. The molecule has 0 aliphatic heterocycles. The van der Waals surface area contributed by atoms with Gasteiger partial charge in [-0.2, -0.15) is 0 Å². The van der Waals surface area contributed by atoms with Crippen molar-refractivity contribution < 1.29 is 9.53 Å². The van der Waals surface area contributed by atoms with Gasteiger partial charge in [-0.15, -0.1) is 0 Å². The summed E-state index contributed by atoms with van der Waals surface area (Å²) in [7, 11) is 0. The minimum absolute atomic E-state index is 0.188. The molecule has 1 aliphatic rings. The van der Waals surface area contributed by atoms with Gasteiger partial charge >= 0.3 is 5.97 Å². The van der Waals surface area contributed by atoms with E-state index in [1.165, 1.54) is 12.5 Å². The molecule has 2 heteroatoms. The lowest BCUT2D eigenvalue weighted by atomic mass is 9.83. The summed E-state index contributed by atoms with van der Waals surface area (Å²) in [6.45, 7) is 7.37. The molecular weight excluding hydrogens is 152 g/mol. The number of esters is 1. The average molecular weight is 168 g/mol. The molecule has 0 aromatic rings. The Hall–Kier alpha value is -0.790. The van der Waals surface area contributed by atoms with Gasteiger partial charge in [0.05, 0.1) is 0 Å². The van der Waals surface area contributed by atoms with Gasteiger partial charge in [0.2, 0.25) is 0 Å². The van der Waals surface area contributed by atoms with Crippen LogP contribution in [0.3, 0.4) is 0 Å². The van der Waals surface area contributed by atoms with Gasteiger partial charge in [-0.1, -0.05) is 12.2 Å². The third kappa shape index (κ3) is 2.36. The van der Waals surface area contributed by atoms with E-state index in [-0.39, 0.29) is 11.6 Å². The summed E-state index contributed by atoms with van der Waals surface area (Å²) in [6.07, 6.45) is 3.96. The van der Waals surface area contributed by atoms with Crippen LogP contribution in [-0.2, 0) is 9.53 Å². The van der Waals surface area contributed by atoms with Crippen LogP contribution in [0.15, 0.2) is 12.2 Å².